The van der Waals surface area contributed by atoms with Gasteiger partial charge in [0.05, 0.1) is 12.2 Å². The molecule has 3 aliphatic rings. The summed E-state index contributed by atoms with van der Waals surface area (Å²) in [5, 5.41) is 0. The molecule has 0 aromatic carbocycles. The predicted octanol–water partition coefficient (Wildman–Crippen LogP) is 3.79. The number of fused-ring (bicyclic) bond motifs is 2. The largest absolute Gasteiger partial charge is 0.378 e. The first kappa shape index (κ1) is 12.9. The Morgan fingerprint density at radius 2 is 1.89 bits per heavy atom. The Morgan fingerprint density at radius 3 is 2.61 bits per heavy atom. The van der Waals surface area contributed by atoms with Crippen molar-refractivity contribution < 1.29 is 9.47 Å². The minimum absolute atomic E-state index is 0.527. The second-order valence-electron chi connectivity index (χ2n) is 6.56. The molecule has 0 radical (unpaired) electrons. The van der Waals surface area contributed by atoms with E-state index in [1.54, 1.807) is 0 Å². The molecular weight excluding hydrogens is 224 g/mol. The van der Waals surface area contributed by atoms with E-state index in [0.717, 1.165) is 31.0 Å². The van der Waals surface area contributed by atoms with Crippen LogP contribution in [0.5, 0.6) is 0 Å². The Bertz CT molecular complexity index is 266. The minimum Gasteiger partial charge on any atom is -0.378 e. The fraction of sp³-hybridized carbons (Fsp3) is 1.00. The van der Waals surface area contributed by atoms with Crippen LogP contribution in [-0.4, -0.2) is 25.4 Å². The van der Waals surface area contributed by atoms with Gasteiger partial charge in [0.25, 0.3) is 0 Å². The molecule has 104 valence electrons. The van der Waals surface area contributed by atoms with Gasteiger partial charge in [0.2, 0.25) is 0 Å². The molecule has 0 heterocycles. The highest BCUT2D eigenvalue weighted by Crippen LogP contribution is 2.46. The van der Waals surface area contributed by atoms with Gasteiger partial charge in [-0.2, -0.15) is 0 Å². The van der Waals surface area contributed by atoms with Gasteiger partial charge in [-0.3, -0.25) is 0 Å². The third kappa shape index (κ3) is 2.75. The Morgan fingerprint density at radius 1 is 0.944 bits per heavy atom. The van der Waals surface area contributed by atoms with Crippen molar-refractivity contribution in [3.05, 3.63) is 0 Å². The third-order valence-electron chi connectivity index (χ3n) is 5.46. The Balaban J connectivity index is 1.37. The average Bonchev–Trinajstić information content (AvgIpc) is 3.06. The van der Waals surface area contributed by atoms with Crippen LogP contribution in [0.25, 0.3) is 0 Å². The molecule has 2 heteroatoms. The first-order valence-electron chi connectivity index (χ1n) is 8.10. The maximum absolute atomic E-state index is 6.17. The van der Waals surface area contributed by atoms with Crippen molar-refractivity contribution in [3.63, 3.8) is 0 Å². The fourth-order valence-corrected chi connectivity index (χ4v) is 4.53. The normalized spacial score (nSPS) is 42.8. The minimum atomic E-state index is 0.527. The van der Waals surface area contributed by atoms with Gasteiger partial charge >= 0.3 is 0 Å². The monoisotopic (exact) mass is 252 g/mol. The Kier molecular flexibility index (Phi) is 4.25. The van der Waals surface area contributed by atoms with E-state index >= 15 is 0 Å². The first-order chi connectivity index (χ1) is 8.86. The predicted molar refractivity (Wildman–Crippen MR) is 72.6 cm³/mol. The second-order valence-corrected chi connectivity index (χ2v) is 6.56. The Hall–Kier alpha value is -0.0800. The van der Waals surface area contributed by atoms with Crippen LogP contribution in [-0.2, 0) is 9.47 Å². The highest BCUT2D eigenvalue weighted by Gasteiger charge is 2.40. The summed E-state index contributed by atoms with van der Waals surface area (Å²) in [4.78, 5) is 0. The van der Waals surface area contributed by atoms with E-state index in [4.69, 9.17) is 9.47 Å². The van der Waals surface area contributed by atoms with Crippen LogP contribution in [0.1, 0.15) is 58.3 Å². The number of hydrogen-bond acceptors (Lipinski definition) is 2. The molecule has 2 bridgehead atoms. The molecule has 0 aromatic rings. The smallest absolute Gasteiger partial charge is 0.0606 e. The molecule has 3 rings (SSSR count). The summed E-state index contributed by atoms with van der Waals surface area (Å²) in [5.74, 6) is 2.67. The zero-order valence-electron chi connectivity index (χ0n) is 11.8. The number of rotatable bonds is 6. The third-order valence-corrected chi connectivity index (χ3v) is 5.46. The lowest BCUT2D eigenvalue weighted by molar-refractivity contribution is -0.0106. The van der Waals surface area contributed by atoms with Gasteiger partial charge in [-0.1, -0.05) is 6.42 Å². The summed E-state index contributed by atoms with van der Waals surface area (Å²) in [5.41, 5.74) is 0. The van der Waals surface area contributed by atoms with Crippen molar-refractivity contribution in [1.29, 1.82) is 0 Å². The lowest BCUT2D eigenvalue weighted by Crippen LogP contribution is -2.24. The van der Waals surface area contributed by atoms with Crippen LogP contribution in [0.3, 0.4) is 0 Å². The van der Waals surface area contributed by atoms with E-state index in [0.29, 0.717) is 12.2 Å². The van der Waals surface area contributed by atoms with Gasteiger partial charge in [0.15, 0.2) is 0 Å². The topological polar surface area (TPSA) is 18.5 Å². The Labute approximate surface area is 111 Å². The van der Waals surface area contributed by atoms with Crippen molar-refractivity contribution in [3.8, 4) is 0 Å². The second kappa shape index (κ2) is 5.92. The molecule has 0 N–H and O–H groups in total. The molecule has 0 amide bonds. The molecule has 3 saturated carbocycles. The average molecular weight is 252 g/mol. The van der Waals surface area contributed by atoms with E-state index in [1.165, 1.54) is 51.4 Å². The lowest BCUT2D eigenvalue weighted by atomic mass is 9.97. The van der Waals surface area contributed by atoms with E-state index in [-0.39, 0.29) is 0 Å². The molecule has 0 aromatic heterocycles. The van der Waals surface area contributed by atoms with Crippen LogP contribution < -0.4 is 0 Å². The SMILES string of the molecule is CCOC1CCCC1CCOC1CC2CCC1C2. The molecule has 3 fully saturated rings. The van der Waals surface area contributed by atoms with Crippen molar-refractivity contribution in [2.45, 2.75) is 70.5 Å². The van der Waals surface area contributed by atoms with E-state index in [9.17, 15) is 0 Å². The van der Waals surface area contributed by atoms with Crippen LogP contribution in [0.2, 0.25) is 0 Å². The van der Waals surface area contributed by atoms with Gasteiger partial charge in [0, 0.05) is 13.2 Å². The molecule has 5 unspecified atom stereocenters. The van der Waals surface area contributed by atoms with E-state index in [2.05, 4.69) is 6.92 Å². The molecule has 18 heavy (non-hydrogen) atoms. The van der Waals surface area contributed by atoms with Crippen LogP contribution in [0, 0.1) is 17.8 Å². The lowest BCUT2D eigenvalue weighted by Gasteiger charge is -2.24. The molecule has 2 nitrogen and oxygen atoms in total. The summed E-state index contributed by atoms with van der Waals surface area (Å²) in [6.07, 6.45) is 12.0. The summed E-state index contributed by atoms with van der Waals surface area (Å²) in [6, 6.07) is 0. The molecule has 5 atom stereocenters. The zero-order valence-corrected chi connectivity index (χ0v) is 11.8. The molecule has 0 saturated heterocycles. The summed E-state index contributed by atoms with van der Waals surface area (Å²) < 4.78 is 12.0. The van der Waals surface area contributed by atoms with Crippen LogP contribution in [0.15, 0.2) is 0 Å². The van der Waals surface area contributed by atoms with Crippen molar-refractivity contribution in [2.24, 2.45) is 17.8 Å². The van der Waals surface area contributed by atoms with Crippen molar-refractivity contribution in [1.82, 2.24) is 0 Å². The highest BCUT2D eigenvalue weighted by atomic mass is 16.5. The van der Waals surface area contributed by atoms with Gasteiger partial charge < -0.3 is 9.47 Å². The van der Waals surface area contributed by atoms with Crippen LogP contribution in [0.4, 0.5) is 0 Å². The molecular formula is C16H28O2. The quantitative estimate of drug-likeness (QED) is 0.716. The van der Waals surface area contributed by atoms with E-state index < -0.39 is 0 Å². The molecule has 0 spiro atoms. The van der Waals surface area contributed by atoms with Gasteiger partial charge in [-0.15, -0.1) is 0 Å². The standard InChI is InChI=1S/C16H28O2/c1-2-17-15-5-3-4-13(15)8-9-18-16-11-12-6-7-14(16)10-12/h12-16H,2-11H2,1H3. The van der Waals surface area contributed by atoms with Gasteiger partial charge in [-0.05, 0) is 69.6 Å². The highest BCUT2D eigenvalue weighted by molar-refractivity contribution is 4.91. The zero-order chi connectivity index (χ0) is 12.4. The van der Waals surface area contributed by atoms with Crippen molar-refractivity contribution in [2.75, 3.05) is 13.2 Å². The molecule has 0 aliphatic heterocycles. The number of ether oxygens (including phenoxy) is 2. The van der Waals surface area contributed by atoms with Gasteiger partial charge in [-0.25, -0.2) is 0 Å². The summed E-state index contributed by atoms with van der Waals surface area (Å²) in [7, 11) is 0. The first-order valence-corrected chi connectivity index (χ1v) is 8.10. The maximum Gasteiger partial charge on any atom is 0.0606 e. The van der Waals surface area contributed by atoms with Crippen molar-refractivity contribution >= 4 is 0 Å². The fourth-order valence-electron chi connectivity index (χ4n) is 4.53. The van der Waals surface area contributed by atoms with E-state index in [1.807, 2.05) is 0 Å². The number of hydrogen-bond donors (Lipinski definition) is 0. The van der Waals surface area contributed by atoms with Gasteiger partial charge in [0.1, 0.15) is 0 Å². The maximum atomic E-state index is 6.17. The summed E-state index contributed by atoms with van der Waals surface area (Å²) in [6.45, 7) is 3.96. The molecule has 3 aliphatic carbocycles. The van der Waals surface area contributed by atoms with Crippen LogP contribution >= 0.6 is 0 Å². The summed E-state index contributed by atoms with van der Waals surface area (Å²) >= 11 is 0.